The second-order valence-electron chi connectivity index (χ2n) is 5.57. The molecular weight excluding hydrogens is 242 g/mol. The second-order valence-corrected chi connectivity index (χ2v) is 5.57. The van der Waals surface area contributed by atoms with Crippen LogP contribution in [0, 0.1) is 6.92 Å². The van der Waals surface area contributed by atoms with Crippen LogP contribution in [0.5, 0.6) is 0 Å². The van der Waals surface area contributed by atoms with Gasteiger partial charge in [-0.3, -0.25) is 9.48 Å². The van der Waals surface area contributed by atoms with Gasteiger partial charge in [-0.15, -0.1) is 0 Å². The van der Waals surface area contributed by atoms with E-state index in [0.29, 0.717) is 0 Å². The highest BCUT2D eigenvalue weighted by atomic mass is 16.5. The van der Waals surface area contributed by atoms with Gasteiger partial charge in [0.2, 0.25) is 0 Å². The Kier molecular flexibility index (Phi) is 3.55. The predicted octanol–water partition coefficient (Wildman–Crippen LogP) is 1.36. The quantitative estimate of drug-likeness (QED) is 0.827. The summed E-state index contributed by atoms with van der Waals surface area (Å²) in [4.78, 5) is 14.4. The zero-order valence-electron chi connectivity index (χ0n) is 11.4. The minimum Gasteiger partial charge on any atom is -0.368 e. The third-order valence-corrected chi connectivity index (χ3v) is 4.03. The van der Waals surface area contributed by atoms with Crippen LogP contribution in [-0.2, 0) is 16.1 Å². The van der Waals surface area contributed by atoms with E-state index in [2.05, 4.69) is 5.10 Å². The number of nitrogens with zero attached hydrogens (tertiary/aromatic N) is 3. The lowest BCUT2D eigenvalue weighted by Crippen LogP contribution is -2.43. The molecule has 1 amide bonds. The summed E-state index contributed by atoms with van der Waals surface area (Å²) in [7, 11) is 0. The van der Waals surface area contributed by atoms with E-state index >= 15 is 0 Å². The molecule has 0 spiro atoms. The molecule has 0 bridgehead atoms. The summed E-state index contributed by atoms with van der Waals surface area (Å²) in [6.45, 7) is 4.43. The van der Waals surface area contributed by atoms with Gasteiger partial charge in [0.25, 0.3) is 5.91 Å². The van der Waals surface area contributed by atoms with Gasteiger partial charge in [0, 0.05) is 19.3 Å². The van der Waals surface area contributed by atoms with E-state index in [4.69, 9.17) is 4.74 Å². The van der Waals surface area contributed by atoms with Crippen molar-refractivity contribution in [2.75, 3.05) is 13.2 Å². The molecule has 2 aliphatic heterocycles. The van der Waals surface area contributed by atoms with Crippen molar-refractivity contribution in [2.24, 2.45) is 0 Å². The first-order valence-corrected chi connectivity index (χ1v) is 7.15. The van der Waals surface area contributed by atoms with Crippen molar-refractivity contribution in [1.29, 1.82) is 0 Å². The Hall–Kier alpha value is -1.36. The first kappa shape index (κ1) is 12.7. The van der Waals surface area contributed by atoms with Crippen LogP contribution < -0.4 is 0 Å². The maximum Gasteiger partial charge on any atom is 0.252 e. The average Bonchev–Trinajstić information content (AvgIpc) is 3.10. The van der Waals surface area contributed by atoms with Crippen molar-refractivity contribution in [3.63, 3.8) is 0 Å². The highest BCUT2D eigenvalue weighted by molar-refractivity contribution is 5.81. The summed E-state index contributed by atoms with van der Waals surface area (Å²) in [6.07, 6.45) is 7.74. The van der Waals surface area contributed by atoms with Crippen LogP contribution in [0.2, 0.25) is 0 Å². The van der Waals surface area contributed by atoms with Crippen LogP contribution >= 0.6 is 0 Å². The molecule has 2 fully saturated rings. The fourth-order valence-corrected chi connectivity index (χ4v) is 3.06. The van der Waals surface area contributed by atoms with Gasteiger partial charge in [0.1, 0.15) is 6.10 Å². The number of carbonyl (C=O) groups is 1. The van der Waals surface area contributed by atoms with Gasteiger partial charge in [-0.2, -0.15) is 5.10 Å². The zero-order chi connectivity index (χ0) is 13.2. The van der Waals surface area contributed by atoms with E-state index in [0.717, 1.165) is 50.9 Å². The van der Waals surface area contributed by atoms with Gasteiger partial charge < -0.3 is 9.64 Å². The van der Waals surface area contributed by atoms with Crippen molar-refractivity contribution in [1.82, 2.24) is 14.7 Å². The van der Waals surface area contributed by atoms with Gasteiger partial charge in [0.15, 0.2) is 0 Å². The van der Waals surface area contributed by atoms with Crippen LogP contribution in [0.15, 0.2) is 12.4 Å². The molecule has 1 aromatic rings. The number of hydrogen-bond acceptors (Lipinski definition) is 3. The largest absolute Gasteiger partial charge is 0.368 e. The van der Waals surface area contributed by atoms with Gasteiger partial charge in [-0.05, 0) is 38.2 Å². The fraction of sp³-hybridized carbons (Fsp3) is 0.714. The average molecular weight is 263 g/mol. The van der Waals surface area contributed by atoms with Crippen molar-refractivity contribution < 1.29 is 9.53 Å². The maximum absolute atomic E-state index is 12.4. The molecule has 5 nitrogen and oxygen atoms in total. The van der Waals surface area contributed by atoms with E-state index in [1.54, 1.807) is 0 Å². The Bertz CT molecular complexity index is 451. The SMILES string of the molecule is Cc1cnn(CC2CCCN2C(=O)C2CCCO2)c1. The smallest absolute Gasteiger partial charge is 0.252 e. The van der Waals surface area contributed by atoms with Crippen LogP contribution in [0.4, 0.5) is 0 Å². The lowest BCUT2D eigenvalue weighted by atomic mass is 10.2. The maximum atomic E-state index is 12.4. The van der Waals surface area contributed by atoms with E-state index in [-0.39, 0.29) is 18.1 Å². The first-order chi connectivity index (χ1) is 9.24. The lowest BCUT2D eigenvalue weighted by molar-refractivity contribution is -0.142. The van der Waals surface area contributed by atoms with Crippen LogP contribution in [0.25, 0.3) is 0 Å². The van der Waals surface area contributed by atoms with Crippen LogP contribution in [0.1, 0.15) is 31.2 Å². The number of hydrogen-bond donors (Lipinski definition) is 0. The molecule has 3 heterocycles. The third-order valence-electron chi connectivity index (χ3n) is 4.03. The molecule has 104 valence electrons. The van der Waals surface area contributed by atoms with Crippen molar-refractivity contribution in [3.8, 4) is 0 Å². The number of carbonyl (C=O) groups excluding carboxylic acids is 1. The van der Waals surface area contributed by atoms with E-state index < -0.39 is 0 Å². The summed E-state index contributed by atoms with van der Waals surface area (Å²) in [6, 6.07) is 0.274. The van der Waals surface area contributed by atoms with Gasteiger partial charge in [0.05, 0.1) is 18.8 Å². The molecule has 1 aromatic heterocycles. The Balaban J connectivity index is 1.65. The van der Waals surface area contributed by atoms with E-state index in [9.17, 15) is 4.79 Å². The second kappa shape index (κ2) is 5.33. The molecule has 0 N–H and O–H groups in total. The Morgan fingerprint density at radius 1 is 1.47 bits per heavy atom. The first-order valence-electron chi connectivity index (χ1n) is 7.15. The van der Waals surface area contributed by atoms with Gasteiger partial charge in [-0.1, -0.05) is 0 Å². The van der Waals surface area contributed by atoms with E-state index in [1.165, 1.54) is 0 Å². The standard InChI is InChI=1S/C14H21N3O2/c1-11-8-15-16(9-11)10-12-4-2-6-17(12)14(18)13-5-3-7-19-13/h8-9,12-13H,2-7,10H2,1H3. The van der Waals surface area contributed by atoms with Crippen molar-refractivity contribution >= 4 is 5.91 Å². The molecule has 0 aromatic carbocycles. The summed E-state index contributed by atoms with van der Waals surface area (Å²) in [5.41, 5.74) is 1.16. The molecule has 2 unspecified atom stereocenters. The highest BCUT2D eigenvalue weighted by Crippen LogP contribution is 2.23. The number of ether oxygens (including phenoxy) is 1. The Morgan fingerprint density at radius 3 is 3.05 bits per heavy atom. The molecule has 2 saturated heterocycles. The summed E-state index contributed by atoms with van der Waals surface area (Å²) < 4.78 is 7.46. The normalized spacial score (nSPS) is 27.1. The minimum atomic E-state index is -0.194. The molecule has 0 aliphatic carbocycles. The molecular formula is C14H21N3O2. The third kappa shape index (κ3) is 2.66. The Labute approximate surface area is 113 Å². The number of likely N-dealkylation sites (tertiary alicyclic amines) is 1. The molecule has 3 rings (SSSR count). The molecule has 19 heavy (non-hydrogen) atoms. The van der Waals surface area contributed by atoms with Gasteiger partial charge >= 0.3 is 0 Å². The molecule has 5 heteroatoms. The predicted molar refractivity (Wildman–Crippen MR) is 70.7 cm³/mol. The van der Waals surface area contributed by atoms with Crippen LogP contribution in [0.3, 0.4) is 0 Å². The summed E-state index contributed by atoms with van der Waals surface area (Å²) in [5, 5.41) is 4.32. The van der Waals surface area contributed by atoms with E-state index in [1.807, 2.05) is 28.9 Å². The van der Waals surface area contributed by atoms with Crippen LogP contribution in [-0.4, -0.2) is 45.9 Å². The summed E-state index contributed by atoms with van der Waals surface area (Å²) in [5.74, 6) is 0.184. The van der Waals surface area contributed by atoms with Gasteiger partial charge in [-0.25, -0.2) is 0 Å². The van der Waals surface area contributed by atoms with Crippen molar-refractivity contribution in [2.45, 2.75) is 51.3 Å². The molecule has 2 atom stereocenters. The Morgan fingerprint density at radius 2 is 2.37 bits per heavy atom. The summed E-state index contributed by atoms with van der Waals surface area (Å²) >= 11 is 0. The number of aryl methyl sites for hydroxylation is 1. The highest BCUT2D eigenvalue weighted by Gasteiger charge is 2.35. The van der Waals surface area contributed by atoms with Crippen molar-refractivity contribution in [3.05, 3.63) is 18.0 Å². The monoisotopic (exact) mass is 263 g/mol. The molecule has 2 aliphatic rings. The lowest BCUT2D eigenvalue weighted by Gasteiger charge is -2.27. The molecule has 0 radical (unpaired) electrons. The topological polar surface area (TPSA) is 47.4 Å². The number of rotatable bonds is 3. The zero-order valence-corrected chi connectivity index (χ0v) is 11.4. The number of aromatic nitrogens is 2. The minimum absolute atomic E-state index is 0.184. The number of amides is 1. The molecule has 0 saturated carbocycles. The fourth-order valence-electron chi connectivity index (χ4n) is 3.06.